The van der Waals surface area contributed by atoms with Crippen LogP contribution in [0.1, 0.15) is 75.7 Å². The summed E-state index contributed by atoms with van der Waals surface area (Å²) in [5, 5.41) is 1.86. The molecule has 36 heavy (non-hydrogen) atoms. The summed E-state index contributed by atoms with van der Waals surface area (Å²) in [6, 6.07) is 4.67. The van der Waals surface area contributed by atoms with Gasteiger partial charge in [-0.3, -0.25) is 4.79 Å². The SMILES string of the molecule is CC1(C)CCC[C@]2(C)[C@H]3Cc4cc(C(=O)Nc5c(F)c(F)c(F)c(F)c5F)ccc4O[C@]3(C)CC[C@@H]12. The molecule has 1 amide bonds. The molecule has 3 nitrogen and oxygen atoms in total. The summed E-state index contributed by atoms with van der Waals surface area (Å²) in [7, 11) is 0. The first-order chi connectivity index (χ1) is 16.8. The van der Waals surface area contributed by atoms with Gasteiger partial charge in [0.25, 0.3) is 5.91 Å². The van der Waals surface area contributed by atoms with Crippen molar-refractivity contribution < 1.29 is 31.5 Å². The third-order valence-electron chi connectivity index (χ3n) is 9.28. The van der Waals surface area contributed by atoms with Crippen LogP contribution in [0.2, 0.25) is 0 Å². The van der Waals surface area contributed by atoms with Crippen molar-refractivity contribution in [3.05, 3.63) is 58.4 Å². The normalized spacial score (nSPS) is 30.5. The number of hydrogen-bond donors (Lipinski definition) is 1. The standard InChI is InChI=1S/C28H30F5NO2/c1-26(2)9-5-10-27(3)17(26)8-11-28(4)18(27)13-15-12-14(6-7-16(15)36-28)25(35)34-24-22(32)20(30)19(29)21(31)23(24)33/h6-7,12,17-18H,5,8-11,13H2,1-4H3,(H,34,35)/t17-,18+,27-,28+/m0/s1. The number of nitrogens with one attached hydrogen (secondary N) is 1. The van der Waals surface area contributed by atoms with E-state index in [-0.39, 0.29) is 27.9 Å². The number of hydrogen-bond acceptors (Lipinski definition) is 2. The summed E-state index contributed by atoms with van der Waals surface area (Å²) in [5.41, 5.74) is -0.584. The van der Waals surface area contributed by atoms with Gasteiger partial charge < -0.3 is 10.1 Å². The molecule has 194 valence electrons. The number of carbonyl (C=O) groups is 1. The molecule has 0 spiro atoms. The molecular weight excluding hydrogens is 477 g/mol. The lowest BCUT2D eigenvalue weighted by molar-refractivity contribution is -0.162. The number of ether oxygens (including phenoxy) is 1. The van der Waals surface area contributed by atoms with Gasteiger partial charge in [-0.25, -0.2) is 22.0 Å². The van der Waals surface area contributed by atoms with Crippen molar-refractivity contribution in [2.45, 2.75) is 71.8 Å². The zero-order valence-corrected chi connectivity index (χ0v) is 20.8. The minimum atomic E-state index is -2.28. The van der Waals surface area contributed by atoms with Gasteiger partial charge >= 0.3 is 0 Å². The number of fused-ring (bicyclic) bond motifs is 4. The van der Waals surface area contributed by atoms with E-state index in [4.69, 9.17) is 4.74 Å². The topological polar surface area (TPSA) is 38.3 Å². The number of halogens is 5. The van der Waals surface area contributed by atoms with Crippen LogP contribution in [0.4, 0.5) is 27.6 Å². The molecule has 5 rings (SSSR count). The minimum absolute atomic E-state index is 0.0476. The van der Waals surface area contributed by atoms with Crippen molar-refractivity contribution in [3.63, 3.8) is 0 Å². The van der Waals surface area contributed by atoms with Crippen LogP contribution in [0.25, 0.3) is 0 Å². The molecule has 0 bridgehead atoms. The molecule has 3 aliphatic rings. The predicted octanol–water partition coefficient (Wildman–Crippen LogP) is 7.57. The molecule has 4 atom stereocenters. The van der Waals surface area contributed by atoms with Crippen molar-refractivity contribution in [1.82, 2.24) is 0 Å². The molecule has 2 saturated carbocycles. The fourth-order valence-electron chi connectivity index (χ4n) is 7.53. The zero-order chi connectivity index (χ0) is 26.2. The number of benzene rings is 2. The maximum absolute atomic E-state index is 14.1. The van der Waals surface area contributed by atoms with Gasteiger partial charge in [0, 0.05) is 11.5 Å². The van der Waals surface area contributed by atoms with E-state index in [0.29, 0.717) is 18.1 Å². The molecule has 0 unspecified atom stereocenters. The quantitative estimate of drug-likeness (QED) is 0.259. The molecule has 0 saturated heterocycles. The predicted molar refractivity (Wildman–Crippen MR) is 125 cm³/mol. The second-order valence-corrected chi connectivity index (χ2v) is 11.8. The van der Waals surface area contributed by atoms with E-state index in [9.17, 15) is 26.7 Å². The van der Waals surface area contributed by atoms with E-state index < -0.39 is 40.7 Å². The Kier molecular flexibility index (Phi) is 5.69. The highest BCUT2D eigenvalue weighted by Gasteiger charge is 2.60. The lowest BCUT2D eigenvalue weighted by Gasteiger charge is -2.63. The Morgan fingerprint density at radius 2 is 1.53 bits per heavy atom. The molecule has 1 N–H and O–H groups in total. The van der Waals surface area contributed by atoms with Crippen LogP contribution in [0, 0.1) is 51.8 Å². The highest BCUT2D eigenvalue weighted by atomic mass is 19.2. The average Bonchev–Trinajstić information content (AvgIpc) is 2.82. The Hall–Kier alpha value is -2.64. The molecular formula is C28H30F5NO2. The summed E-state index contributed by atoms with van der Waals surface area (Å²) in [5.74, 6) is -10.2. The average molecular weight is 508 g/mol. The van der Waals surface area contributed by atoms with Crippen molar-refractivity contribution in [2.75, 3.05) is 5.32 Å². The van der Waals surface area contributed by atoms with Crippen molar-refractivity contribution in [1.29, 1.82) is 0 Å². The van der Waals surface area contributed by atoms with Gasteiger partial charge in [0.2, 0.25) is 5.82 Å². The monoisotopic (exact) mass is 507 g/mol. The minimum Gasteiger partial charge on any atom is -0.487 e. The molecule has 2 aliphatic carbocycles. The maximum Gasteiger partial charge on any atom is 0.255 e. The van der Waals surface area contributed by atoms with Crippen LogP contribution in [0.5, 0.6) is 5.75 Å². The summed E-state index contributed by atoms with van der Waals surface area (Å²) < 4.78 is 75.2. The number of carbonyl (C=O) groups excluding carboxylic acids is 1. The number of rotatable bonds is 2. The first kappa shape index (κ1) is 25.0. The highest BCUT2D eigenvalue weighted by molar-refractivity contribution is 6.04. The number of amides is 1. The smallest absolute Gasteiger partial charge is 0.255 e. The van der Waals surface area contributed by atoms with E-state index in [2.05, 4.69) is 27.7 Å². The lowest BCUT2D eigenvalue weighted by Crippen LogP contribution is -2.61. The summed E-state index contributed by atoms with van der Waals surface area (Å²) in [6.07, 6.45) is 6.14. The molecule has 0 radical (unpaired) electrons. The van der Waals surface area contributed by atoms with Crippen molar-refractivity contribution >= 4 is 11.6 Å². The van der Waals surface area contributed by atoms with Gasteiger partial charge in [0.15, 0.2) is 23.3 Å². The molecule has 2 aromatic carbocycles. The fourth-order valence-corrected chi connectivity index (χ4v) is 7.53. The summed E-state index contributed by atoms with van der Waals surface area (Å²) in [4.78, 5) is 12.8. The van der Waals surface area contributed by atoms with Crippen LogP contribution in [0.3, 0.4) is 0 Å². The lowest BCUT2D eigenvalue weighted by atomic mass is 9.44. The Bertz CT molecular complexity index is 1230. The van der Waals surface area contributed by atoms with Gasteiger partial charge in [0.05, 0.1) is 0 Å². The van der Waals surface area contributed by atoms with E-state index in [1.165, 1.54) is 12.5 Å². The van der Waals surface area contributed by atoms with Gasteiger partial charge in [0.1, 0.15) is 17.0 Å². The molecule has 0 aromatic heterocycles. The van der Waals surface area contributed by atoms with Crippen molar-refractivity contribution in [2.24, 2.45) is 22.7 Å². The Morgan fingerprint density at radius 3 is 2.19 bits per heavy atom. The first-order valence-electron chi connectivity index (χ1n) is 12.4. The third-order valence-corrected chi connectivity index (χ3v) is 9.28. The van der Waals surface area contributed by atoms with Crippen LogP contribution in [-0.4, -0.2) is 11.5 Å². The van der Waals surface area contributed by atoms with Crippen molar-refractivity contribution in [3.8, 4) is 5.75 Å². The molecule has 2 aromatic rings. The second kappa shape index (κ2) is 8.18. The molecule has 1 heterocycles. The van der Waals surface area contributed by atoms with Crippen LogP contribution < -0.4 is 10.1 Å². The van der Waals surface area contributed by atoms with Crippen LogP contribution >= 0.6 is 0 Å². The fraction of sp³-hybridized carbons (Fsp3) is 0.536. The second-order valence-electron chi connectivity index (χ2n) is 11.8. The van der Waals surface area contributed by atoms with Crippen LogP contribution in [0.15, 0.2) is 18.2 Å². The molecule has 2 fully saturated rings. The van der Waals surface area contributed by atoms with Gasteiger partial charge in [-0.1, -0.05) is 27.2 Å². The van der Waals surface area contributed by atoms with E-state index >= 15 is 0 Å². The Labute approximate surface area is 207 Å². The van der Waals surface area contributed by atoms with E-state index in [1.54, 1.807) is 12.1 Å². The van der Waals surface area contributed by atoms with E-state index in [0.717, 1.165) is 31.2 Å². The largest absolute Gasteiger partial charge is 0.487 e. The Balaban J connectivity index is 1.46. The molecule has 1 aliphatic heterocycles. The maximum atomic E-state index is 14.1. The van der Waals surface area contributed by atoms with Gasteiger partial charge in [-0.15, -0.1) is 0 Å². The van der Waals surface area contributed by atoms with Crippen LogP contribution in [-0.2, 0) is 6.42 Å². The first-order valence-corrected chi connectivity index (χ1v) is 12.4. The number of anilines is 1. The Morgan fingerprint density at radius 1 is 0.889 bits per heavy atom. The van der Waals surface area contributed by atoms with Gasteiger partial charge in [-0.05, 0) is 79.5 Å². The highest BCUT2D eigenvalue weighted by Crippen LogP contribution is 2.64. The van der Waals surface area contributed by atoms with Gasteiger partial charge in [-0.2, -0.15) is 0 Å². The van der Waals surface area contributed by atoms with E-state index in [1.807, 2.05) is 5.32 Å². The molecule has 8 heteroatoms. The summed E-state index contributed by atoms with van der Waals surface area (Å²) in [6.45, 7) is 9.20. The zero-order valence-electron chi connectivity index (χ0n) is 20.8. The third kappa shape index (κ3) is 3.62. The summed E-state index contributed by atoms with van der Waals surface area (Å²) >= 11 is 0.